The first-order chi connectivity index (χ1) is 10.2. The first-order valence-electron chi connectivity index (χ1n) is 7.40. The summed E-state index contributed by atoms with van der Waals surface area (Å²) in [6, 6.07) is 8.56. The first-order valence-corrected chi connectivity index (χ1v) is 8.60. The highest BCUT2D eigenvalue weighted by Crippen LogP contribution is 2.30. The molecule has 1 aliphatic heterocycles. The van der Waals surface area contributed by atoms with Gasteiger partial charge >= 0.3 is 0 Å². The van der Waals surface area contributed by atoms with Crippen LogP contribution in [-0.2, 0) is 6.54 Å². The highest BCUT2D eigenvalue weighted by atomic mass is 35.5. The van der Waals surface area contributed by atoms with Crippen LogP contribution in [0.25, 0.3) is 0 Å². The largest absolute Gasteiger partial charge is 0.378 e. The molecule has 3 nitrogen and oxygen atoms in total. The van der Waals surface area contributed by atoms with E-state index in [0.717, 1.165) is 30.4 Å². The molecule has 112 valence electrons. The quantitative estimate of drug-likeness (QED) is 0.888. The molecule has 21 heavy (non-hydrogen) atoms. The summed E-state index contributed by atoms with van der Waals surface area (Å²) in [5.41, 5.74) is 2.50. The van der Waals surface area contributed by atoms with Gasteiger partial charge in [-0.2, -0.15) is 0 Å². The molecule has 0 amide bonds. The SMILES string of the molecule is CC1CCCN(c2ccccc2NCc2cnc(Cl)s2)C1. The highest BCUT2D eigenvalue weighted by Gasteiger charge is 2.18. The molecule has 0 saturated carbocycles. The van der Waals surface area contributed by atoms with Crippen LogP contribution in [0.4, 0.5) is 11.4 Å². The molecule has 1 aliphatic rings. The maximum Gasteiger partial charge on any atom is 0.183 e. The molecule has 0 bridgehead atoms. The molecular weight excluding hydrogens is 302 g/mol. The van der Waals surface area contributed by atoms with Gasteiger partial charge in [0.15, 0.2) is 4.47 Å². The predicted molar refractivity (Wildman–Crippen MR) is 91.5 cm³/mol. The number of hydrogen-bond acceptors (Lipinski definition) is 4. The van der Waals surface area contributed by atoms with Gasteiger partial charge in [-0.1, -0.05) is 30.7 Å². The summed E-state index contributed by atoms with van der Waals surface area (Å²) in [5, 5.41) is 3.53. The van der Waals surface area contributed by atoms with E-state index in [1.165, 1.54) is 35.6 Å². The zero-order valence-corrected chi connectivity index (χ0v) is 13.8. The van der Waals surface area contributed by atoms with Crippen LogP contribution < -0.4 is 10.2 Å². The number of benzene rings is 1. The Kier molecular flexibility index (Phi) is 4.66. The monoisotopic (exact) mass is 321 g/mol. The third-order valence-corrected chi connectivity index (χ3v) is 5.00. The molecule has 1 aromatic heterocycles. The zero-order valence-electron chi connectivity index (χ0n) is 12.2. The zero-order chi connectivity index (χ0) is 14.7. The minimum atomic E-state index is 0.602. The molecule has 0 aliphatic carbocycles. The van der Waals surface area contributed by atoms with Crippen molar-refractivity contribution < 1.29 is 0 Å². The van der Waals surface area contributed by atoms with Gasteiger partial charge in [0.2, 0.25) is 0 Å². The fourth-order valence-electron chi connectivity index (χ4n) is 2.85. The number of para-hydroxylation sites is 2. The van der Waals surface area contributed by atoms with Crippen LogP contribution in [0.1, 0.15) is 24.6 Å². The van der Waals surface area contributed by atoms with Gasteiger partial charge in [0.05, 0.1) is 17.9 Å². The van der Waals surface area contributed by atoms with Crippen molar-refractivity contribution in [3.8, 4) is 0 Å². The van der Waals surface area contributed by atoms with E-state index in [1.807, 2.05) is 6.20 Å². The van der Waals surface area contributed by atoms with Crippen LogP contribution in [0.3, 0.4) is 0 Å². The lowest BCUT2D eigenvalue weighted by molar-refractivity contribution is 0.447. The Hall–Kier alpha value is -1.26. The Bertz CT molecular complexity index is 599. The van der Waals surface area contributed by atoms with E-state index in [-0.39, 0.29) is 0 Å². The normalized spacial score (nSPS) is 18.8. The average Bonchev–Trinajstić information content (AvgIpc) is 2.91. The van der Waals surface area contributed by atoms with Gasteiger partial charge in [-0.05, 0) is 30.9 Å². The second-order valence-electron chi connectivity index (χ2n) is 5.64. The van der Waals surface area contributed by atoms with E-state index in [2.05, 4.69) is 46.4 Å². The standard InChI is InChI=1S/C16H20ClN3S/c1-12-5-4-8-20(11-12)15-7-3-2-6-14(15)18-9-13-10-19-16(17)21-13/h2-3,6-7,10,12,18H,4-5,8-9,11H2,1H3. The van der Waals surface area contributed by atoms with E-state index >= 15 is 0 Å². The number of thiazole rings is 1. The van der Waals surface area contributed by atoms with E-state index < -0.39 is 0 Å². The average molecular weight is 322 g/mol. The number of rotatable bonds is 4. The summed E-state index contributed by atoms with van der Waals surface area (Å²) in [4.78, 5) is 7.74. The minimum absolute atomic E-state index is 0.602. The molecule has 1 unspecified atom stereocenters. The van der Waals surface area contributed by atoms with Crippen molar-refractivity contribution in [1.82, 2.24) is 4.98 Å². The van der Waals surface area contributed by atoms with E-state index in [1.54, 1.807) is 0 Å². The number of nitrogens with one attached hydrogen (secondary N) is 1. The van der Waals surface area contributed by atoms with E-state index in [9.17, 15) is 0 Å². The number of piperidine rings is 1. The van der Waals surface area contributed by atoms with Gasteiger partial charge in [0.1, 0.15) is 0 Å². The van der Waals surface area contributed by atoms with E-state index in [0.29, 0.717) is 4.47 Å². The molecule has 1 aromatic carbocycles. The number of halogens is 1. The van der Waals surface area contributed by atoms with Crippen LogP contribution in [0.15, 0.2) is 30.5 Å². The molecule has 2 heterocycles. The third-order valence-electron chi connectivity index (χ3n) is 3.88. The molecule has 1 saturated heterocycles. The van der Waals surface area contributed by atoms with Crippen molar-refractivity contribution in [1.29, 1.82) is 0 Å². The lowest BCUT2D eigenvalue weighted by Gasteiger charge is -2.34. The Labute approximate surface area is 135 Å². The van der Waals surface area contributed by atoms with Crippen LogP contribution >= 0.6 is 22.9 Å². The summed E-state index contributed by atoms with van der Waals surface area (Å²) in [6.45, 7) is 5.40. The smallest absolute Gasteiger partial charge is 0.183 e. The molecule has 5 heteroatoms. The molecule has 1 N–H and O–H groups in total. The number of nitrogens with zero attached hydrogens (tertiary/aromatic N) is 2. The number of hydrogen-bond donors (Lipinski definition) is 1. The Balaban J connectivity index is 1.72. The van der Waals surface area contributed by atoms with Crippen molar-refractivity contribution in [2.75, 3.05) is 23.3 Å². The number of anilines is 2. The molecular formula is C16H20ClN3S. The topological polar surface area (TPSA) is 28.2 Å². The van der Waals surface area contributed by atoms with Gasteiger partial charge in [-0.15, -0.1) is 11.3 Å². The van der Waals surface area contributed by atoms with Crippen molar-refractivity contribution >= 4 is 34.3 Å². The van der Waals surface area contributed by atoms with Crippen LogP contribution in [0.2, 0.25) is 4.47 Å². The van der Waals surface area contributed by atoms with Crippen molar-refractivity contribution in [2.24, 2.45) is 5.92 Å². The lowest BCUT2D eigenvalue weighted by Crippen LogP contribution is -2.34. The van der Waals surface area contributed by atoms with Gasteiger partial charge in [0.25, 0.3) is 0 Å². The fraction of sp³-hybridized carbons (Fsp3) is 0.438. The fourth-order valence-corrected chi connectivity index (χ4v) is 3.77. The molecule has 0 radical (unpaired) electrons. The summed E-state index contributed by atoms with van der Waals surface area (Å²) < 4.78 is 0.602. The van der Waals surface area contributed by atoms with Crippen molar-refractivity contribution in [3.63, 3.8) is 0 Å². The van der Waals surface area contributed by atoms with Crippen LogP contribution in [0, 0.1) is 5.92 Å². The van der Waals surface area contributed by atoms with Gasteiger partial charge in [-0.3, -0.25) is 0 Å². The lowest BCUT2D eigenvalue weighted by atomic mass is 9.99. The van der Waals surface area contributed by atoms with Gasteiger partial charge < -0.3 is 10.2 Å². The summed E-state index contributed by atoms with van der Waals surface area (Å²) in [7, 11) is 0. The third kappa shape index (κ3) is 3.69. The van der Waals surface area contributed by atoms with E-state index in [4.69, 9.17) is 11.6 Å². The predicted octanol–water partition coefficient (Wildman–Crippen LogP) is 4.64. The molecule has 1 fully saturated rings. The van der Waals surface area contributed by atoms with Crippen molar-refractivity contribution in [3.05, 3.63) is 39.8 Å². The Morgan fingerprint density at radius 3 is 3.05 bits per heavy atom. The Morgan fingerprint density at radius 1 is 1.43 bits per heavy atom. The molecule has 2 aromatic rings. The molecule has 3 rings (SSSR count). The minimum Gasteiger partial charge on any atom is -0.378 e. The Morgan fingerprint density at radius 2 is 2.29 bits per heavy atom. The van der Waals surface area contributed by atoms with Gasteiger partial charge in [-0.25, -0.2) is 4.98 Å². The maximum atomic E-state index is 5.88. The first kappa shape index (κ1) is 14.7. The van der Waals surface area contributed by atoms with Crippen LogP contribution in [-0.4, -0.2) is 18.1 Å². The summed E-state index contributed by atoms with van der Waals surface area (Å²) in [6.07, 6.45) is 4.46. The maximum absolute atomic E-state index is 5.88. The summed E-state index contributed by atoms with van der Waals surface area (Å²) >= 11 is 7.41. The highest BCUT2D eigenvalue weighted by molar-refractivity contribution is 7.15. The molecule has 0 spiro atoms. The van der Waals surface area contributed by atoms with Crippen LogP contribution in [0.5, 0.6) is 0 Å². The van der Waals surface area contributed by atoms with Crippen molar-refractivity contribution in [2.45, 2.75) is 26.3 Å². The second-order valence-corrected chi connectivity index (χ2v) is 7.34. The molecule has 1 atom stereocenters. The van der Waals surface area contributed by atoms with Gasteiger partial charge in [0, 0.05) is 24.2 Å². The second kappa shape index (κ2) is 6.67. The number of aromatic nitrogens is 1. The summed E-state index contributed by atoms with van der Waals surface area (Å²) in [5.74, 6) is 0.770.